The Hall–Kier alpha value is -0.0800. The van der Waals surface area contributed by atoms with E-state index in [0.29, 0.717) is 12.1 Å². The topological polar surface area (TPSA) is 15.3 Å². The molecule has 0 heterocycles. The van der Waals surface area contributed by atoms with Crippen molar-refractivity contribution in [3.05, 3.63) is 0 Å². The van der Waals surface area contributed by atoms with Crippen molar-refractivity contribution in [2.24, 2.45) is 11.8 Å². The van der Waals surface area contributed by atoms with Crippen molar-refractivity contribution in [3.8, 4) is 0 Å². The Morgan fingerprint density at radius 2 is 1.75 bits per heavy atom. The summed E-state index contributed by atoms with van der Waals surface area (Å²) in [6.45, 7) is 15.1. The van der Waals surface area contributed by atoms with Crippen molar-refractivity contribution in [3.63, 3.8) is 0 Å². The van der Waals surface area contributed by atoms with Crippen molar-refractivity contribution in [1.29, 1.82) is 0 Å². The highest BCUT2D eigenvalue weighted by atomic mass is 15.2. The largest absolute Gasteiger partial charge is 0.313 e. The van der Waals surface area contributed by atoms with Crippen LogP contribution in [0.4, 0.5) is 0 Å². The van der Waals surface area contributed by atoms with Crippen LogP contribution in [0.2, 0.25) is 0 Å². The molecule has 0 bridgehead atoms. The first-order valence-electron chi connectivity index (χ1n) is 6.98. The lowest BCUT2D eigenvalue weighted by atomic mass is 10.1. The molecule has 0 radical (unpaired) electrons. The molecule has 2 nitrogen and oxygen atoms in total. The molecule has 1 fully saturated rings. The predicted octanol–water partition coefficient (Wildman–Crippen LogP) is 2.74. The lowest BCUT2D eigenvalue weighted by Crippen LogP contribution is -2.41. The zero-order chi connectivity index (χ0) is 12.1. The van der Waals surface area contributed by atoms with Gasteiger partial charge in [-0.25, -0.2) is 0 Å². The third kappa shape index (κ3) is 5.31. The molecular formula is C14H30N2. The minimum Gasteiger partial charge on any atom is -0.313 e. The molecule has 96 valence electrons. The zero-order valence-electron chi connectivity index (χ0n) is 11.8. The Labute approximate surface area is 102 Å². The van der Waals surface area contributed by atoms with Gasteiger partial charge in [-0.1, -0.05) is 13.8 Å². The lowest BCUT2D eigenvalue weighted by molar-refractivity contribution is 0.208. The first-order valence-corrected chi connectivity index (χ1v) is 6.98. The van der Waals surface area contributed by atoms with Gasteiger partial charge in [-0.05, 0) is 45.4 Å². The van der Waals surface area contributed by atoms with Crippen LogP contribution < -0.4 is 5.32 Å². The van der Waals surface area contributed by atoms with Crippen LogP contribution in [0.15, 0.2) is 0 Å². The van der Waals surface area contributed by atoms with E-state index in [-0.39, 0.29) is 0 Å². The van der Waals surface area contributed by atoms with E-state index in [4.69, 9.17) is 0 Å². The molecule has 1 saturated carbocycles. The number of nitrogens with one attached hydrogen (secondary N) is 1. The predicted molar refractivity (Wildman–Crippen MR) is 71.7 cm³/mol. The van der Waals surface area contributed by atoms with Gasteiger partial charge in [-0.3, -0.25) is 4.90 Å². The Kier molecular flexibility index (Phi) is 5.77. The standard InChI is InChI=1S/C14H30N2/c1-11(2)13(5)15-8-9-16(12(3)4)10-14-6-7-14/h11-15H,6-10H2,1-5H3. The van der Waals surface area contributed by atoms with Gasteiger partial charge in [0.25, 0.3) is 0 Å². The molecule has 2 heteroatoms. The van der Waals surface area contributed by atoms with Crippen molar-refractivity contribution in [2.75, 3.05) is 19.6 Å². The van der Waals surface area contributed by atoms with E-state index in [1.807, 2.05) is 0 Å². The van der Waals surface area contributed by atoms with Gasteiger partial charge in [-0.15, -0.1) is 0 Å². The maximum Gasteiger partial charge on any atom is 0.0110 e. The van der Waals surface area contributed by atoms with Gasteiger partial charge in [0, 0.05) is 31.7 Å². The van der Waals surface area contributed by atoms with Crippen LogP contribution in [0.3, 0.4) is 0 Å². The lowest BCUT2D eigenvalue weighted by Gasteiger charge is -2.28. The second-order valence-corrected chi connectivity index (χ2v) is 6.02. The number of hydrogen-bond donors (Lipinski definition) is 1. The molecule has 0 aliphatic heterocycles. The Morgan fingerprint density at radius 3 is 2.19 bits per heavy atom. The van der Waals surface area contributed by atoms with Gasteiger partial charge in [0.05, 0.1) is 0 Å². The van der Waals surface area contributed by atoms with Gasteiger partial charge >= 0.3 is 0 Å². The third-order valence-corrected chi connectivity index (χ3v) is 3.79. The number of nitrogens with zero attached hydrogens (tertiary/aromatic N) is 1. The second-order valence-electron chi connectivity index (χ2n) is 6.02. The summed E-state index contributed by atoms with van der Waals surface area (Å²) in [5.41, 5.74) is 0. The molecule has 0 aromatic rings. The van der Waals surface area contributed by atoms with E-state index in [0.717, 1.165) is 18.4 Å². The molecule has 0 aromatic carbocycles. The molecule has 0 aromatic heterocycles. The molecule has 16 heavy (non-hydrogen) atoms. The third-order valence-electron chi connectivity index (χ3n) is 3.79. The van der Waals surface area contributed by atoms with E-state index in [1.54, 1.807) is 0 Å². The summed E-state index contributed by atoms with van der Waals surface area (Å²) in [5, 5.41) is 3.62. The Bertz CT molecular complexity index is 185. The van der Waals surface area contributed by atoms with Gasteiger partial charge < -0.3 is 5.32 Å². The van der Waals surface area contributed by atoms with Gasteiger partial charge in [0.15, 0.2) is 0 Å². The van der Waals surface area contributed by atoms with Gasteiger partial charge in [-0.2, -0.15) is 0 Å². The van der Waals surface area contributed by atoms with Crippen LogP contribution in [0.1, 0.15) is 47.5 Å². The van der Waals surface area contributed by atoms with Crippen molar-refractivity contribution < 1.29 is 0 Å². The van der Waals surface area contributed by atoms with E-state index < -0.39 is 0 Å². The van der Waals surface area contributed by atoms with Crippen molar-refractivity contribution in [1.82, 2.24) is 10.2 Å². The van der Waals surface area contributed by atoms with Crippen molar-refractivity contribution in [2.45, 2.75) is 59.5 Å². The summed E-state index contributed by atoms with van der Waals surface area (Å²) in [4.78, 5) is 2.62. The molecule has 0 saturated heterocycles. The number of hydrogen-bond acceptors (Lipinski definition) is 2. The van der Waals surface area contributed by atoms with Gasteiger partial charge in [0.1, 0.15) is 0 Å². The molecule has 1 rings (SSSR count). The minimum absolute atomic E-state index is 0.634. The fourth-order valence-electron chi connectivity index (χ4n) is 1.86. The zero-order valence-corrected chi connectivity index (χ0v) is 11.8. The fraction of sp³-hybridized carbons (Fsp3) is 1.00. The van der Waals surface area contributed by atoms with Crippen molar-refractivity contribution >= 4 is 0 Å². The maximum atomic E-state index is 3.62. The second kappa shape index (κ2) is 6.61. The quantitative estimate of drug-likeness (QED) is 0.684. The highest BCUT2D eigenvalue weighted by Crippen LogP contribution is 2.30. The smallest absolute Gasteiger partial charge is 0.0110 e. The van der Waals surface area contributed by atoms with E-state index in [1.165, 1.54) is 25.9 Å². The molecule has 1 atom stereocenters. The summed E-state index contributed by atoms with van der Waals surface area (Å²) in [7, 11) is 0. The normalized spacial score (nSPS) is 18.8. The Morgan fingerprint density at radius 1 is 1.12 bits per heavy atom. The molecule has 1 unspecified atom stereocenters. The van der Waals surface area contributed by atoms with Crippen LogP contribution in [0, 0.1) is 11.8 Å². The molecule has 0 spiro atoms. The van der Waals surface area contributed by atoms with Crippen LogP contribution >= 0.6 is 0 Å². The highest BCUT2D eigenvalue weighted by molar-refractivity contribution is 4.79. The van der Waals surface area contributed by atoms with Crippen LogP contribution in [-0.4, -0.2) is 36.6 Å². The minimum atomic E-state index is 0.634. The molecule has 1 N–H and O–H groups in total. The average Bonchev–Trinajstić information content (AvgIpc) is 2.99. The summed E-state index contributed by atoms with van der Waals surface area (Å²) >= 11 is 0. The SMILES string of the molecule is CC(C)C(C)NCCN(CC1CC1)C(C)C. The van der Waals surface area contributed by atoms with Crippen LogP contribution in [0.25, 0.3) is 0 Å². The molecular weight excluding hydrogens is 196 g/mol. The summed E-state index contributed by atoms with van der Waals surface area (Å²) in [5.74, 6) is 1.74. The van der Waals surface area contributed by atoms with E-state index >= 15 is 0 Å². The van der Waals surface area contributed by atoms with Crippen LogP contribution in [-0.2, 0) is 0 Å². The summed E-state index contributed by atoms with van der Waals surface area (Å²) in [6.07, 6.45) is 2.91. The summed E-state index contributed by atoms with van der Waals surface area (Å²) in [6, 6.07) is 1.33. The summed E-state index contributed by atoms with van der Waals surface area (Å²) < 4.78 is 0. The number of rotatable bonds is 8. The maximum absolute atomic E-state index is 3.62. The first-order chi connectivity index (χ1) is 7.50. The first kappa shape index (κ1) is 14.0. The highest BCUT2D eigenvalue weighted by Gasteiger charge is 2.25. The molecule has 1 aliphatic carbocycles. The van der Waals surface area contributed by atoms with Crippen LogP contribution in [0.5, 0.6) is 0 Å². The molecule has 1 aliphatic rings. The van der Waals surface area contributed by atoms with E-state index in [9.17, 15) is 0 Å². The fourth-order valence-corrected chi connectivity index (χ4v) is 1.86. The average molecular weight is 226 g/mol. The molecule has 0 amide bonds. The van der Waals surface area contributed by atoms with E-state index in [2.05, 4.69) is 44.8 Å². The monoisotopic (exact) mass is 226 g/mol. The van der Waals surface area contributed by atoms with Gasteiger partial charge in [0.2, 0.25) is 0 Å². The Balaban J connectivity index is 2.16.